The molecule has 5 heteroatoms. The third kappa shape index (κ3) is 2.94. The molecule has 0 unspecified atom stereocenters. The van der Waals surface area contributed by atoms with Crippen LogP contribution in [0.3, 0.4) is 0 Å². The maximum Gasteiger partial charge on any atom is 0.339 e. The first-order chi connectivity index (χ1) is 14.0. The van der Waals surface area contributed by atoms with Gasteiger partial charge in [0.05, 0.1) is 5.56 Å². The SMILES string of the molecule is C[C@@]1(C(=O)N2CC=C(c3c[nH]c4ccccc34)CC2)Cc2ccccc2C(=O)O1. The van der Waals surface area contributed by atoms with Crippen LogP contribution in [0.4, 0.5) is 0 Å². The quantitative estimate of drug-likeness (QED) is 0.678. The number of aromatic nitrogens is 1. The molecule has 3 heterocycles. The number of benzene rings is 2. The van der Waals surface area contributed by atoms with Crippen LogP contribution in [0.2, 0.25) is 0 Å². The summed E-state index contributed by atoms with van der Waals surface area (Å²) in [5.41, 5.74) is 3.81. The molecule has 2 aromatic carbocycles. The van der Waals surface area contributed by atoms with E-state index in [4.69, 9.17) is 4.74 Å². The molecule has 0 saturated heterocycles. The summed E-state index contributed by atoms with van der Waals surface area (Å²) >= 11 is 0. The van der Waals surface area contributed by atoms with Gasteiger partial charge in [0.15, 0.2) is 5.60 Å². The van der Waals surface area contributed by atoms with E-state index in [0.717, 1.165) is 17.5 Å². The van der Waals surface area contributed by atoms with Gasteiger partial charge in [-0.15, -0.1) is 0 Å². The number of H-pyrrole nitrogens is 1. The second kappa shape index (κ2) is 6.62. The summed E-state index contributed by atoms with van der Waals surface area (Å²) < 4.78 is 5.62. The number of esters is 1. The minimum Gasteiger partial charge on any atom is -0.445 e. The van der Waals surface area contributed by atoms with Gasteiger partial charge in [-0.1, -0.05) is 42.5 Å². The largest absolute Gasteiger partial charge is 0.445 e. The number of nitrogens with one attached hydrogen (secondary N) is 1. The molecule has 0 saturated carbocycles. The summed E-state index contributed by atoms with van der Waals surface area (Å²) in [5.74, 6) is -0.552. The zero-order valence-corrected chi connectivity index (χ0v) is 16.3. The van der Waals surface area contributed by atoms with Gasteiger partial charge in [-0.2, -0.15) is 0 Å². The van der Waals surface area contributed by atoms with E-state index in [-0.39, 0.29) is 5.91 Å². The van der Waals surface area contributed by atoms with E-state index < -0.39 is 11.6 Å². The van der Waals surface area contributed by atoms with Crippen LogP contribution in [0.15, 0.2) is 60.8 Å². The van der Waals surface area contributed by atoms with Gasteiger partial charge in [0.2, 0.25) is 0 Å². The highest BCUT2D eigenvalue weighted by atomic mass is 16.6. The first-order valence-corrected chi connectivity index (χ1v) is 9.91. The number of fused-ring (bicyclic) bond motifs is 2. The topological polar surface area (TPSA) is 62.4 Å². The van der Waals surface area contributed by atoms with Crippen molar-refractivity contribution in [1.82, 2.24) is 9.88 Å². The van der Waals surface area contributed by atoms with E-state index in [2.05, 4.69) is 23.2 Å². The molecule has 0 spiro atoms. The molecule has 5 nitrogen and oxygen atoms in total. The van der Waals surface area contributed by atoms with E-state index in [1.807, 2.05) is 36.5 Å². The molecule has 1 amide bonds. The molecule has 0 fully saturated rings. The average molecular weight is 386 g/mol. The van der Waals surface area contributed by atoms with E-state index in [1.54, 1.807) is 17.9 Å². The smallest absolute Gasteiger partial charge is 0.339 e. The van der Waals surface area contributed by atoms with Crippen molar-refractivity contribution < 1.29 is 14.3 Å². The summed E-state index contributed by atoms with van der Waals surface area (Å²) in [5, 5.41) is 1.20. The third-order valence-electron chi connectivity index (χ3n) is 5.97. The standard InChI is InChI=1S/C24H22N2O3/c1-24(14-17-6-2-3-7-18(17)22(27)29-24)23(28)26-12-10-16(11-13-26)20-15-25-21-9-5-4-8-19(20)21/h2-10,15,25H,11-14H2,1H3/t24-/m0/s1. The van der Waals surface area contributed by atoms with E-state index in [0.29, 0.717) is 25.1 Å². The van der Waals surface area contributed by atoms with E-state index in [1.165, 1.54) is 16.5 Å². The van der Waals surface area contributed by atoms with Gasteiger partial charge < -0.3 is 14.6 Å². The Kier molecular flexibility index (Phi) is 4.05. The Labute approximate surface area is 169 Å². The van der Waals surface area contributed by atoms with Crippen LogP contribution in [0.25, 0.3) is 16.5 Å². The lowest BCUT2D eigenvalue weighted by Gasteiger charge is -2.38. The fourth-order valence-corrected chi connectivity index (χ4v) is 4.42. The van der Waals surface area contributed by atoms with Crippen molar-refractivity contribution in [3.8, 4) is 0 Å². The zero-order chi connectivity index (χ0) is 20.0. The molecule has 2 aliphatic rings. The molecule has 146 valence electrons. The Morgan fingerprint density at radius 3 is 2.72 bits per heavy atom. The number of ether oxygens (including phenoxy) is 1. The lowest BCUT2D eigenvalue weighted by molar-refractivity contribution is -0.150. The lowest BCUT2D eigenvalue weighted by atomic mass is 9.88. The fourth-order valence-electron chi connectivity index (χ4n) is 4.42. The van der Waals surface area contributed by atoms with Crippen LogP contribution in [0.5, 0.6) is 0 Å². The Morgan fingerprint density at radius 1 is 1.10 bits per heavy atom. The van der Waals surface area contributed by atoms with Crippen molar-refractivity contribution in [3.63, 3.8) is 0 Å². The van der Waals surface area contributed by atoms with Crippen LogP contribution in [-0.2, 0) is 16.0 Å². The highest BCUT2D eigenvalue weighted by molar-refractivity contribution is 5.98. The molecular formula is C24H22N2O3. The summed E-state index contributed by atoms with van der Waals surface area (Å²) in [4.78, 5) is 30.8. The molecule has 29 heavy (non-hydrogen) atoms. The minimum atomic E-state index is -1.16. The van der Waals surface area contributed by atoms with Crippen molar-refractivity contribution in [2.24, 2.45) is 0 Å². The van der Waals surface area contributed by atoms with Crippen LogP contribution >= 0.6 is 0 Å². The Bertz CT molecular complexity index is 1160. The number of hydrogen-bond donors (Lipinski definition) is 1. The predicted octanol–water partition coefficient (Wildman–Crippen LogP) is 3.96. The van der Waals surface area contributed by atoms with Gasteiger partial charge in [0.1, 0.15) is 0 Å². The number of cyclic esters (lactones) is 1. The Hall–Kier alpha value is -3.34. The fraction of sp³-hybridized carbons (Fsp3) is 0.250. The monoisotopic (exact) mass is 386 g/mol. The van der Waals surface area contributed by atoms with Crippen LogP contribution in [-0.4, -0.2) is 40.5 Å². The van der Waals surface area contributed by atoms with Gasteiger partial charge in [-0.3, -0.25) is 4.79 Å². The predicted molar refractivity (Wildman–Crippen MR) is 111 cm³/mol. The summed E-state index contributed by atoms with van der Waals surface area (Å²) in [6.45, 7) is 2.85. The molecule has 0 radical (unpaired) electrons. The Balaban J connectivity index is 1.37. The maximum absolute atomic E-state index is 13.2. The summed E-state index contributed by atoms with van der Waals surface area (Å²) in [7, 11) is 0. The molecule has 1 aromatic heterocycles. The van der Waals surface area contributed by atoms with Gasteiger partial charge >= 0.3 is 5.97 Å². The average Bonchev–Trinajstić information content (AvgIpc) is 3.17. The molecule has 0 bridgehead atoms. The minimum absolute atomic E-state index is 0.130. The number of carbonyl (C=O) groups is 2. The van der Waals surface area contributed by atoms with Crippen LogP contribution in [0.1, 0.15) is 34.8 Å². The normalized spacial score (nSPS) is 21.5. The number of hydrogen-bond acceptors (Lipinski definition) is 3. The van der Waals surface area contributed by atoms with Crippen molar-refractivity contribution in [3.05, 3.63) is 77.5 Å². The highest BCUT2D eigenvalue weighted by Crippen LogP contribution is 2.33. The highest BCUT2D eigenvalue weighted by Gasteiger charge is 2.44. The van der Waals surface area contributed by atoms with Crippen molar-refractivity contribution in [2.45, 2.75) is 25.4 Å². The van der Waals surface area contributed by atoms with Crippen LogP contribution < -0.4 is 0 Å². The molecule has 0 aliphatic carbocycles. The Morgan fingerprint density at radius 2 is 1.90 bits per heavy atom. The van der Waals surface area contributed by atoms with Gasteiger partial charge in [-0.05, 0) is 36.6 Å². The summed E-state index contributed by atoms with van der Waals surface area (Å²) in [6.07, 6.45) is 5.32. The molecule has 3 aromatic rings. The van der Waals surface area contributed by atoms with E-state index in [9.17, 15) is 9.59 Å². The summed E-state index contributed by atoms with van der Waals surface area (Å²) in [6, 6.07) is 15.6. The molecule has 1 N–H and O–H groups in total. The van der Waals surface area contributed by atoms with Crippen molar-refractivity contribution in [2.75, 3.05) is 13.1 Å². The molecule has 2 aliphatic heterocycles. The number of amides is 1. The zero-order valence-electron chi connectivity index (χ0n) is 16.3. The second-order valence-electron chi connectivity index (χ2n) is 7.93. The second-order valence-corrected chi connectivity index (χ2v) is 7.93. The lowest BCUT2D eigenvalue weighted by Crippen LogP contribution is -2.54. The molecular weight excluding hydrogens is 364 g/mol. The molecule has 1 atom stereocenters. The van der Waals surface area contributed by atoms with Gasteiger partial charge in [0.25, 0.3) is 5.91 Å². The first kappa shape index (κ1) is 17.7. The number of nitrogens with zero attached hydrogens (tertiary/aromatic N) is 1. The first-order valence-electron chi connectivity index (χ1n) is 9.91. The molecule has 5 rings (SSSR count). The number of rotatable bonds is 2. The van der Waals surface area contributed by atoms with Crippen molar-refractivity contribution >= 4 is 28.4 Å². The van der Waals surface area contributed by atoms with Crippen molar-refractivity contribution in [1.29, 1.82) is 0 Å². The van der Waals surface area contributed by atoms with Gasteiger partial charge in [0, 0.05) is 42.2 Å². The number of para-hydroxylation sites is 1. The van der Waals surface area contributed by atoms with Gasteiger partial charge in [-0.25, -0.2) is 4.79 Å². The number of aromatic amines is 1. The van der Waals surface area contributed by atoms with E-state index >= 15 is 0 Å². The number of carbonyl (C=O) groups excluding carboxylic acids is 2. The maximum atomic E-state index is 13.2. The third-order valence-corrected chi connectivity index (χ3v) is 5.97. The van der Waals surface area contributed by atoms with Crippen LogP contribution in [0, 0.1) is 0 Å².